The minimum absolute atomic E-state index is 0.0834. The van der Waals surface area contributed by atoms with Gasteiger partial charge in [-0.2, -0.15) is 9.78 Å². The summed E-state index contributed by atoms with van der Waals surface area (Å²) in [6.07, 6.45) is 2.99. The first-order valence-corrected chi connectivity index (χ1v) is 8.21. The van der Waals surface area contributed by atoms with Crippen LogP contribution >= 0.6 is 11.8 Å². The Morgan fingerprint density at radius 3 is 2.84 bits per heavy atom. The van der Waals surface area contributed by atoms with Crippen molar-refractivity contribution in [3.05, 3.63) is 47.9 Å². The van der Waals surface area contributed by atoms with Crippen LogP contribution in [0, 0.1) is 6.92 Å². The Bertz CT molecular complexity index is 932. The number of furan rings is 1. The summed E-state index contributed by atoms with van der Waals surface area (Å²) in [5, 5.41) is 31.5. The highest BCUT2D eigenvalue weighted by molar-refractivity contribution is 7.99. The average molecular weight is 358 g/mol. The fraction of sp³-hybridized carbons (Fsp3) is 0.125. The van der Waals surface area contributed by atoms with Gasteiger partial charge in [0.15, 0.2) is 5.82 Å². The molecule has 0 radical (unpaired) electrons. The van der Waals surface area contributed by atoms with Gasteiger partial charge in [0.1, 0.15) is 11.5 Å². The van der Waals surface area contributed by atoms with Crippen LogP contribution in [0.3, 0.4) is 0 Å². The van der Waals surface area contributed by atoms with Crippen LogP contribution in [0.4, 0.5) is 0 Å². The summed E-state index contributed by atoms with van der Waals surface area (Å²) in [5.74, 6) is 0.00612. The Hall–Kier alpha value is -3.07. The number of phenolic OH excluding ortho intramolecular Hbond substituents is 1. The molecule has 0 aliphatic heterocycles. The maximum Gasteiger partial charge on any atom is 0.313 e. The van der Waals surface area contributed by atoms with Gasteiger partial charge in [-0.1, -0.05) is 23.9 Å². The molecule has 2 N–H and O–H groups in total. The average Bonchev–Trinajstić information content (AvgIpc) is 3.17. The monoisotopic (exact) mass is 358 g/mol. The molecular weight excluding hydrogens is 344 g/mol. The number of carbonyl (C=O) groups is 1. The third-order valence-electron chi connectivity index (χ3n) is 3.29. The molecule has 0 aliphatic carbocycles. The molecule has 0 aliphatic rings. The van der Waals surface area contributed by atoms with Crippen LogP contribution in [0.1, 0.15) is 11.3 Å². The van der Waals surface area contributed by atoms with Crippen molar-refractivity contribution < 1.29 is 19.4 Å². The number of phenols is 1. The number of benzene rings is 1. The molecule has 8 nitrogen and oxygen atoms in total. The van der Waals surface area contributed by atoms with Crippen LogP contribution in [-0.2, 0) is 4.79 Å². The minimum Gasteiger partial charge on any atom is -0.507 e. The SMILES string of the molecule is Cc1occc1-c1nnc(SCC(=O)O)n1/N=C/c1ccccc1O. The molecule has 0 saturated carbocycles. The zero-order chi connectivity index (χ0) is 17.8. The van der Waals surface area contributed by atoms with Crippen molar-refractivity contribution in [2.24, 2.45) is 5.10 Å². The first-order valence-electron chi connectivity index (χ1n) is 7.23. The van der Waals surface area contributed by atoms with E-state index in [-0.39, 0.29) is 11.5 Å². The summed E-state index contributed by atoms with van der Waals surface area (Å²) in [5.41, 5.74) is 1.21. The molecule has 9 heteroatoms. The van der Waals surface area contributed by atoms with Crippen LogP contribution in [-0.4, -0.2) is 43.0 Å². The summed E-state index contributed by atoms with van der Waals surface area (Å²) in [4.78, 5) is 10.8. The lowest BCUT2D eigenvalue weighted by Gasteiger charge is -2.03. The van der Waals surface area contributed by atoms with Gasteiger partial charge >= 0.3 is 5.97 Å². The van der Waals surface area contributed by atoms with Gasteiger partial charge in [-0.25, -0.2) is 0 Å². The number of thioether (sulfide) groups is 1. The van der Waals surface area contributed by atoms with E-state index in [0.29, 0.717) is 27.9 Å². The number of aliphatic carboxylic acids is 1. The minimum atomic E-state index is -0.967. The number of para-hydroxylation sites is 1. The number of aryl methyl sites for hydroxylation is 1. The van der Waals surface area contributed by atoms with Crippen LogP contribution in [0.15, 0.2) is 51.3 Å². The van der Waals surface area contributed by atoms with Gasteiger partial charge in [0, 0.05) is 5.56 Å². The van der Waals surface area contributed by atoms with Gasteiger partial charge in [-0.15, -0.1) is 10.2 Å². The van der Waals surface area contributed by atoms with Crippen molar-refractivity contribution >= 4 is 23.9 Å². The molecule has 3 rings (SSSR count). The number of aromatic nitrogens is 3. The second kappa shape index (κ2) is 7.22. The molecule has 0 unspecified atom stereocenters. The van der Waals surface area contributed by atoms with E-state index in [1.165, 1.54) is 17.2 Å². The van der Waals surface area contributed by atoms with E-state index in [9.17, 15) is 9.90 Å². The molecule has 25 heavy (non-hydrogen) atoms. The number of carboxylic acids is 1. The van der Waals surface area contributed by atoms with E-state index < -0.39 is 5.97 Å². The molecule has 3 aromatic rings. The number of carboxylic acid groups (broad SMARTS) is 1. The normalized spacial score (nSPS) is 11.2. The maximum absolute atomic E-state index is 10.8. The van der Waals surface area contributed by atoms with E-state index in [1.807, 2.05) is 0 Å². The summed E-state index contributed by atoms with van der Waals surface area (Å²) < 4.78 is 6.72. The highest BCUT2D eigenvalue weighted by atomic mass is 32.2. The lowest BCUT2D eigenvalue weighted by Crippen LogP contribution is -2.01. The van der Waals surface area contributed by atoms with Gasteiger partial charge in [0.25, 0.3) is 0 Å². The van der Waals surface area contributed by atoms with Crippen molar-refractivity contribution in [1.82, 2.24) is 14.9 Å². The Morgan fingerprint density at radius 1 is 1.36 bits per heavy atom. The number of nitrogens with zero attached hydrogens (tertiary/aromatic N) is 4. The molecule has 2 heterocycles. The summed E-state index contributed by atoms with van der Waals surface area (Å²) >= 11 is 1.00. The van der Waals surface area contributed by atoms with Gasteiger partial charge < -0.3 is 14.6 Å². The van der Waals surface area contributed by atoms with Gasteiger partial charge in [-0.05, 0) is 25.1 Å². The van der Waals surface area contributed by atoms with Crippen molar-refractivity contribution in [2.75, 3.05) is 5.75 Å². The quantitative estimate of drug-likeness (QED) is 0.514. The topological polar surface area (TPSA) is 114 Å². The molecular formula is C16H14N4O4S. The number of hydrogen-bond donors (Lipinski definition) is 2. The third kappa shape index (κ3) is 3.72. The highest BCUT2D eigenvalue weighted by Gasteiger charge is 2.18. The first-order chi connectivity index (χ1) is 12.1. The van der Waals surface area contributed by atoms with Crippen molar-refractivity contribution in [1.29, 1.82) is 0 Å². The molecule has 128 valence electrons. The number of rotatable bonds is 6. The second-order valence-electron chi connectivity index (χ2n) is 4.99. The van der Waals surface area contributed by atoms with Crippen molar-refractivity contribution in [2.45, 2.75) is 12.1 Å². The summed E-state index contributed by atoms with van der Waals surface area (Å²) in [6, 6.07) is 8.47. The predicted octanol–water partition coefficient (Wildman–Crippen LogP) is 2.61. The van der Waals surface area contributed by atoms with E-state index in [1.54, 1.807) is 37.3 Å². The molecule has 1 aromatic carbocycles. The molecule has 0 fully saturated rings. The first kappa shape index (κ1) is 16.8. The van der Waals surface area contributed by atoms with Crippen LogP contribution in [0.2, 0.25) is 0 Å². The van der Waals surface area contributed by atoms with Gasteiger partial charge in [0.05, 0.1) is 23.8 Å². The Labute approximate surface area is 146 Å². The predicted molar refractivity (Wildman–Crippen MR) is 91.9 cm³/mol. The second-order valence-corrected chi connectivity index (χ2v) is 5.94. The van der Waals surface area contributed by atoms with E-state index >= 15 is 0 Å². The molecule has 0 atom stereocenters. The lowest BCUT2D eigenvalue weighted by atomic mass is 10.2. The van der Waals surface area contributed by atoms with Gasteiger partial charge in [-0.3, -0.25) is 4.79 Å². The third-order valence-corrected chi connectivity index (χ3v) is 4.19. The fourth-order valence-electron chi connectivity index (χ4n) is 2.09. The van der Waals surface area contributed by atoms with Crippen LogP contribution in [0.5, 0.6) is 5.75 Å². The van der Waals surface area contributed by atoms with E-state index in [4.69, 9.17) is 9.52 Å². The zero-order valence-electron chi connectivity index (χ0n) is 13.2. The number of hydrogen-bond acceptors (Lipinski definition) is 7. The molecule has 0 bridgehead atoms. The highest BCUT2D eigenvalue weighted by Crippen LogP contribution is 2.27. The van der Waals surface area contributed by atoms with Crippen LogP contribution in [0.25, 0.3) is 11.4 Å². The maximum atomic E-state index is 10.8. The number of aromatic hydroxyl groups is 1. The smallest absolute Gasteiger partial charge is 0.313 e. The van der Waals surface area contributed by atoms with Crippen molar-refractivity contribution in [3.8, 4) is 17.1 Å². The zero-order valence-corrected chi connectivity index (χ0v) is 14.0. The lowest BCUT2D eigenvalue weighted by molar-refractivity contribution is -0.133. The molecule has 0 amide bonds. The Kier molecular flexibility index (Phi) is 4.85. The Balaban J connectivity index is 2.02. The van der Waals surface area contributed by atoms with Crippen molar-refractivity contribution in [3.63, 3.8) is 0 Å². The fourth-order valence-corrected chi connectivity index (χ4v) is 2.69. The summed E-state index contributed by atoms with van der Waals surface area (Å²) in [6.45, 7) is 1.78. The standard InChI is InChI=1S/C16H14N4O4S/c1-10-12(6-7-24-10)15-18-19-16(25-9-14(22)23)20(15)17-8-11-4-2-3-5-13(11)21/h2-8,21H,9H2,1H3,(H,22,23)/b17-8+. The van der Waals surface area contributed by atoms with E-state index in [2.05, 4.69) is 15.3 Å². The molecule has 0 spiro atoms. The Morgan fingerprint density at radius 2 is 2.16 bits per heavy atom. The van der Waals surface area contributed by atoms with Crippen LogP contribution < -0.4 is 0 Å². The largest absolute Gasteiger partial charge is 0.507 e. The van der Waals surface area contributed by atoms with Gasteiger partial charge in [0.2, 0.25) is 5.16 Å². The molecule has 0 saturated heterocycles. The summed E-state index contributed by atoms with van der Waals surface area (Å²) in [7, 11) is 0. The van der Waals surface area contributed by atoms with E-state index in [0.717, 1.165) is 11.8 Å². The molecule has 2 aromatic heterocycles.